The number of likely N-dealkylation sites (tertiary alicyclic amines) is 1. The van der Waals surface area contributed by atoms with Gasteiger partial charge >= 0.3 is 0 Å². The molecular formula is C23H29NO. The highest BCUT2D eigenvalue weighted by atomic mass is 16.5. The van der Waals surface area contributed by atoms with Crippen molar-refractivity contribution in [2.24, 2.45) is 11.8 Å². The van der Waals surface area contributed by atoms with Gasteiger partial charge in [0.25, 0.3) is 0 Å². The SMILES string of the molecule is CC(CN1CC2CCC[C@@H]2C1)c1ccc(OCc2ccccc2)cc1. The summed E-state index contributed by atoms with van der Waals surface area (Å²) in [5.41, 5.74) is 2.63. The van der Waals surface area contributed by atoms with Crippen molar-refractivity contribution in [3.05, 3.63) is 65.7 Å². The van der Waals surface area contributed by atoms with E-state index in [0.29, 0.717) is 12.5 Å². The van der Waals surface area contributed by atoms with Crippen LogP contribution in [0, 0.1) is 11.8 Å². The molecule has 3 atom stereocenters. The highest BCUT2D eigenvalue weighted by Gasteiger charge is 2.36. The van der Waals surface area contributed by atoms with Crippen molar-refractivity contribution in [3.8, 4) is 5.75 Å². The van der Waals surface area contributed by atoms with Crippen molar-refractivity contribution in [2.45, 2.75) is 38.7 Å². The Morgan fingerprint density at radius 2 is 1.64 bits per heavy atom. The molecule has 1 saturated heterocycles. The summed E-state index contributed by atoms with van der Waals surface area (Å²) in [5, 5.41) is 0. The van der Waals surface area contributed by atoms with Gasteiger partial charge in [-0.1, -0.05) is 55.8 Å². The van der Waals surface area contributed by atoms with Crippen LogP contribution in [0.4, 0.5) is 0 Å². The van der Waals surface area contributed by atoms with Crippen LogP contribution >= 0.6 is 0 Å². The Kier molecular flexibility index (Phi) is 5.07. The van der Waals surface area contributed by atoms with Crippen molar-refractivity contribution >= 4 is 0 Å². The molecular weight excluding hydrogens is 306 g/mol. The first kappa shape index (κ1) is 16.7. The Bertz CT molecular complexity index is 654. The second kappa shape index (κ2) is 7.61. The van der Waals surface area contributed by atoms with Gasteiger partial charge in [0.2, 0.25) is 0 Å². The van der Waals surface area contributed by atoms with E-state index in [1.54, 1.807) is 0 Å². The minimum Gasteiger partial charge on any atom is -0.489 e. The van der Waals surface area contributed by atoms with E-state index in [1.807, 2.05) is 6.07 Å². The van der Waals surface area contributed by atoms with Gasteiger partial charge in [-0.3, -0.25) is 0 Å². The van der Waals surface area contributed by atoms with E-state index >= 15 is 0 Å². The zero-order chi connectivity index (χ0) is 17.1. The lowest BCUT2D eigenvalue weighted by Gasteiger charge is -2.22. The number of rotatable bonds is 6. The average molecular weight is 335 g/mol. The summed E-state index contributed by atoms with van der Waals surface area (Å²) in [5.74, 6) is 3.51. The van der Waals surface area contributed by atoms with Crippen LogP contribution in [0.3, 0.4) is 0 Å². The molecule has 0 spiro atoms. The van der Waals surface area contributed by atoms with Gasteiger partial charge in [-0.2, -0.15) is 0 Å². The summed E-state index contributed by atoms with van der Waals surface area (Å²) < 4.78 is 5.90. The first-order chi connectivity index (χ1) is 12.3. The van der Waals surface area contributed by atoms with Crippen LogP contribution in [0.25, 0.3) is 0 Å². The lowest BCUT2D eigenvalue weighted by atomic mass is 10.0. The van der Waals surface area contributed by atoms with Gasteiger partial charge in [0, 0.05) is 19.6 Å². The zero-order valence-corrected chi connectivity index (χ0v) is 15.2. The lowest BCUT2D eigenvalue weighted by Crippen LogP contribution is -2.26. The maximum absolute atomic E-state index is 5.90. The van der Waals surface area contributed by atoms with E-state index in [2.05, 4.69) is 60.4 Å². The third kappa shape index (κ3) is 4.07. The number of ether oxygens (including phenoxy) is 1. The second-order valence-corrected chi connectivity index (χ2v) is 7.91. The van der Waals surface area contributed by atoms with E-state index in [1.165, 1.54) is 50.0 Å². The summed E-state index contributed by atoms with van der Waals surface area (Å²) in [7, 11) is 0. The Morgan fingerprint density at radius 3 is 2.32 bits per heavy atom. The maximum atomic E-state index is 5.90. The molecule has 2 fully saturated rings. The molecule has 0 amide bonds. The fourth-order valence-corrected chi connectivity index (χ4v) is 4.61. The van der Waals surface area contributed by atoms with Crippen LogP contribution in [0.2, 0.25) is 0 Å². The van der Waals surface area contributed by atoms with E-state index < -0.39 is 0 Å². The molecule has 2 aromatic rings. The second-order valence-electron chi connectivity index (χ2n) is 7.91. The van der Waals surface area contributed by atoms with E-state index in [0.717, 1.165) is 17.6 Å². The third-order valence-electron chi connectivity index (χ3n) is 6.03. The molecule has 1 heterocycles. The summed E-state index contributed by atoms with van der Waals surface area (Å²) in [6, 6.07) is 19.0. The molecule has 2 heteroatoms. The summed E-state index contributed by atoms with van der Waals surface area (Å²) in [6.07, 6.45) is 4.38. The zero-order valence-electron chi connectivity index (χ0n) is 15.2. The number of benzene rings is 2. The Labute approximate surface area is 151 Å². The van der Waals surface area contributed by atoms with Crippen LogP contribution in [0.5, 0.6) is 5.75 Å². The molecule has 0 bridgehead atoms. The first-order valence-corrected chi connectivity index (χ1v) is 9.77. The first-order valence-electron chi connectivity index (χ1n) is 9.77. The molecule has 1 saturated carbocycles. The average Bonchev–Trinajstić information content (AvgIpc) is 3.23. The molecule has 0 aromatic heterocycles. The normalized spacial score (nSPS) is 24.2. The largest absolute Gasteiger partial charge is 0.489 e. The summed E-state index contributed by atoms with van der Waals surface area (Å²) in [6.45, 7) is 6.83. The topological polar surface area (TPSA) is 12.5 Å². The molecule has 0 radical (unpaired) electrons. The Morgan fingerprint density at radius 1 is 0.960 bits per heavy atom. The summed E-state index contributed by atoms with van der Waals surface area (Å²) >= 11 is 0. The Hall–Kier alpha value is -1.80. The molecule has 2 aliphatic rings. The van der Waals surface area contributed by atoms with Gasteiger partial charge in [0.1, 0.15) is 12.4 Å². The van der Waals surface area contributed by atoms with Crippen LogP contribution in [0.15, 0.2) is 54.6 Å². The molecule has 1 aliphatic heterocycles. The van der Waals surface area contributed by atoms with Gasteiger partial charge in [0.05, 0.1) is 0 Å². The standard InChI is InChI=1S/C23H29NO/c1-18(14-24-15-21-8-5-9-22(21)16-24)20-10-12-23(13-11-20)25-17-19-6-3-2-4-7-19/h2-4,6-7,10-13,18,21-22H,5,8-9,14-17H2,1H3/t18?,21-,22?/m1/s1. The smallest absolute Gasteiger partial charge is 0.119 e. The molecule has 25 heavy (non-hydrogen) atoms. The van der Waals surface area contributed by atoms with Gasteiger partial charge in [-0.25, -0.2) is 0 Å². The molecule has 2 aromatic carbocycles. The number of fused-ring (bicyclic) bond motifs is 1. The van der Waals surface area contributed by atoms with E-state index in [-0.39, 0.29) is 0 Å². The molecule has 0 N–H and O–H groups in total. The van der Waals surface area contributed by atoms with Crippen molar-refractivity contribution < 1.29 is 4.74 Å². The van der Waals surface area contributed by atoms with Crippen molar-refractivity contribution in [1.29, 1.82) is 0 Å². The van der Waals surface area contributed by atoms with Crippen molar-refractivity contribution in [3.63, 3.8) is 0 Å². The maximum Gasteiger partial charge on any atom is 0.119 e. The minimum absolute atomic E-state index is 0.585. The lowest BCUT2D eigenvalue weighted by molar-refractivity contribution is 0.295. The molecule has 2 nitrogen and oxygen atoms in total. The van der Waals surface area contributed by atoms with Gasteiger partial charge in [-0.05, 0) is 53.9 Å². The molecule has 1 aliphatic carbocycles. The van der Waals surface area contributed by atoms with Gasteiger partial charge < -0.3 is 9.64 Å². The van der Waals surface area contributed by atoms with Crippen LogP contribution in [0.1, 0.15) is 43.2 Å². The van der Waals surface area contributed by atoms with Crippen molar-refractivity contribution in [2.75, 3.05) is 19.6 Å². The molecule has 132 valence electrons. The highest BCUT2D eigenvalue weighted by molar-refractivity contribution is 5.30. The molecule has 2 unspecified atom stereocenters. The predicted octanol–water partition coefficient (Wildman–Crippen LogP) is 5.10. The third-order valence-corrected chi connectivity index (χ3v) is 6.03. The van der Waals surface area contributed by atoms with Crippen LogP contribution < -0.4 is 4.74 Å². The number of nitrogens with zero attached hydrogens (tertiary/aromatic N) is 1. The quantitative estimate of drug-likeness (QED) is 0.728. The number of hydrogen-bond donors (Lipinski definition) is 0. The minimum atomic E-state index is 0.585. The van der Waals surface area contributed by atoms with E-state index in [9.17, 15) is 0 Å². The van der Waals surface area contributed by atoms with Gasteiger partial charge in [0.15, 0.2) is 0 Å². The van der Waals surface area contributed by atoms with E-state index in [4.69, 9.17) is 4.74 Å². The molecule has 4 rings (SSSR count). The van der Waals surface area contributed by atoms with Crippen LogP contribution in [-0.4, -0.2) is 24.5 Å². The predicted molar refractivity (Wildman–Crippen MR) is 103 cm³/mol. The Balaban J connectivity index is 1.29. The highest BCUT2D eigenvalue weighted by Crippen LogP contribution is 2.38. The fourth-order valence-electron chi connectivity index (χ4n) is 4.61. The van der Waals surface area contributed by atoms with Crippen molar-refractivity contribution in [1.82, 2.24) is 4.90 Å². The van der Waals surface area contributed by atoms with Gasteiger partial charge in [-0.15, -0.1) is 0 Å². The number of hydrogen-bond acceptors (Lipinski definition) is 2. The monoisotopic (exact) mass is 335 g/mol. The summed E-state index contributed by atoms with van der Waals surface area (Å²) in [4.78, 5) is 2.69. The van der Waals surface area contributed by atoms with Crippen LogP contribution in [-0.2, 0) is 6.61 Å². The fraction of sp³-hybridized carbons (Fsp3) is 0.478.